The normalized spacial score (nSPS) is 17.9. The number of alkyl halides is 7. The van der Waals surface area contributed by atoms with Gasteiger partial charge in [-0.3, -0.25) is 14.6 Å². The predicted molar refractivity (Wildman–Crippen MR) is 116 cm³/mol. The Hall–Kier alpha value is -3.47. The minimum atomic E-state index is -5.01. The third kappa shape index (κ3) is 6.85. The topological polar surface area (TPSA) is 107 Å². The van der Waals surface area contributed by atoms with Crippen LogP contribution in [0.2, 0.25) is 0 Å². The van der Waals surface area contributed by atoms with Gasteiger partial charge in [0.15, 0.2) is 17.3 Å². The first-order valence-electron chi connectivity index (χ1n) is 10.8. The van der Waals surface area contributed by atoms with Crippen molar-refractivity contribution < 1.29 is 40.3 Å². The molecule has 4 rings (SSSR count). The zero-order valence-electron chi connectivity index (χ0n) is 19.5. The quantitative estimate of drug-likeness (QED) is 0.504. The van der Waals surface area contributed by atoms with Gasteiger partial charge in [-0.15, -0.1) is 0 Å². The molecule has 0 aromatic carbocycles. The Labute approximate surface area is 205 Å². The number of nitrogens with zero attached hydrogens (tertiary/aromatic N) is 5. The second-order valence-corrected chi connectivity index (χ2v) is 8.08. The number of piperazine rings is 1. The molecule has 37 heavy (non-hydrogen) atoms. The molecule has 1 fully saturated rings. The molecular weight excluding hydrogens is 517 g/mol. The molecule has 0 bridgehead atoms. The monoisotopic (exact) mass is 540 g/mol. The van der Waals surface area contributed by atoms with Gasteiger partial charge in [-0.05, 0) is 6.08 Å². The highest BCUT2D eigenvalue weighted by Crippen LogP contribution is 2.35. The van der Waals surface area contributed by atoms with E-state index in [1.54, 1.807) is 12.3 Å². The van der Waals surface area contributed by atoms with E-state index in [2.05, 4.69) is 20.8 Å². The van der Waals surface area contributed by atoms with Crippen LogP contribution in [0.25, 0.3) is 0 Å². The summed E-state index contributed by atoms with van der Waals surface area (Å²) in [4.78, 5) is 28.9. The molecule has 10 nitrogen and oxygen atoms in total. The zero-order chi connectivity index (χ0) is 27.5. The number of hydrogen-bond acceptors (Lipinski definition) is 8. The van der Waals surface area contributed by atoms with E-state index in [1.165, 1.54) is 5.01 Å². The molecule has 3 aliphatic rings. The molecule has 17 heteroatoms. The number of ketones is 1. The summed E-state index contributed by atoms with van der Waals surface area (Å²) in [6.45, 7) is 1.15. The molecule has 0 radical (unpaired) electrons. The number of rotatable bonds is 4. The standard InChI is InChI=1S/C16H17F5N8O.C4H6F2O/c17-15(18)29-8-10(12(26-29)16(19,20)21)24-14(30)9-7-23-28-4-1-11(25-13(9)28)27-5-2-22-3-6-27;1-3(7)4(2,5)6/h1,4,8,15,22-23H,2-3,5-7H2,(H,24,30);1-2H3. The van der Waals surface area contributed by atoms with Crippen LogP contribution in [0, 0.1) is 0 Å². The second-order valence-electron chi connectivity index (χ2n) is 8.08. The molecule has 3 N–H and O–H groups in total. The van der Waals surface area contributed by atoms with Crippen LogP contribution in [-0.4, -0.2) is 75.9 Å². The summed E-state index contributed by atoms with van der Waals surface area (Å²) >= 11 is 0. The van der Waals surface area contributed by atoms with Crippen molar-refractivity contribution in [2.24, 2.45) is 4.99 Å². The van der Waals surface area contributed by atoms with Gasteiger partial charge in [0.1, 0.15) is 5.84 Å². The van der Waals surface area contributed by atoms with Gasteiger partial charge < -0.3 is 15.5 Å². The minimum absolute atomic E-state index is 0.00811. The number of Topliss-reactive ketones (excluding diaryl/α,β-unsaturated/α-hetero) is 1. The average molecular weight is 540 g/mol. The van der Waals surface area contributed by atoms with E-state index < -0.39 is 41.7 Å². The molecule has 0 atom stereocenters. The number of carbonyl (C=O) groups excluding carboxylic acids is 2. The van der Waals surface area contributed by atoms with Crippen molar-refractivity contribution in [2.45, 2.75) is 32.5 Å². The number of aromatic nitrogens is 2. The number of fused-ring (bicyclic) bond motifs is 1. The molecule has 0 saturated carbocycles. The van der Waals surface area contributed by atoms with Gasteiger partial charge in [0.05, 0.1) is 17.5 Å². The summed E-state index contributed by atoms with van der Waals surface area (Å²) in [5.41, 5.74) is 0.503. The van der Waals surface area contributed by atoms with E-state index in [0.29, 0.717) is 32.0 Å². The van der Waals surface area contributed by atoms with E-state index in [1.807, 2.05) is 10.2 Å². The molecule has 0 unspecified atom stereocenters. The van der Waals surface area contributed by atoms with Crippen molar-refractivity contribution in [2.75, 3.05) is 38.0 Å². The lowest BCUT2D eigenvalue weighted by Gasteiger charge is -2.31. The summed E-state index contributed by atoms with van der Waals surface area (Å²) < 4.78 is 87.8. The predicted octanol–water partition coefficient (Wildman–Crippen LogP) is 2.33. The molecule has 4 heterocycles. The second kappa shape index (κ2) is 10.9. The first-order chi connectivity index (χ1) is 17.2. The maximum Gasteiger partial charge on any atom is 0.437 e. The molecular formula is C20H23F7N8O2. The molecule has 1 amide bonds. The van der Waals surface area contributed by atoms with Crippen LogP contribution in [0.5, 0.6) is 0 Å². The van der Waals surface area contributed by atoms with Crippen molar-refractivity contribution in [3.05, 3.63) is 35.6 Å². The fourth-order valence-electron chi connectivity index (χ4n) is 3.24. The van der Waals surface area contributed by atoms with Gasteiger partial charge in [-0.2, -0.15) is 35.8 Å². The third-order valence-electron chi connectivity index (χ3n) is 5.30. The number of anilines is 1. The number of hydrogen-bond donors (Lipinski definition) is 3. The number of nitrogens with one attached hydrogen (secondary N) is 3. The van der Waals surface area contributed by atoms with Crippen molar-refractivity contribution in [3.8, 4) is 0 Å². The number of aliphatic imine (C=N–C) groups is 1. The number of amidine groups is 1. The van der Waals surface area contributed by atoms with Gasteiger partial charge in [-0.1, -0.05) is 0 Å². The number of hydrazine groups is 1. The van der Waals surface area contributed by atoms with E-state index >= 15 is 0 Å². The van der Waals surface area contributed by atoms with Crippen LogP contribution in [0.4, 0.5) is 36.4 Å². The highest BCUT2D eigenvalue weighted by Gasteiger charge is 2.39. The Bertz CT molecular complexity index is 1110. The molecule has 0 spiro atoms. The molecule has 0 aliphatic carbocycles. The summed E-state index contributed by atoms with van der Waals surface area (Å²) in [5, 5.41) is 9.58. The van der Waals surface area contributed by atoms with Crippen LogP contribution in [-0.2, 0) is 15.8 Å². The van der Waals surface area contributed by atoms with Crippen LogP contribution in [0.3, 0.4) is 0 Å². The van der Waals surface area contributed by atoms with E-state index in [-0.39, 0.29) is 22.6 Å². The summed E-state index contributed by atoms with van der Waals surface area (Å²) in [6, 6.07) is 0. The van der Waals surface area contributed by atoms with Crippen LogP contribution >= 0.6 is 0 Å². The molecule has 3 aliphatic heterocycles. The highest BCUT2D eigenvalue weighted by molar-refractivity contribution is 6.06. The number of halogens is 7. The summed E-state index contributed by atoms with van der Waals surface area (Å²) in [5.74, 6) is -4.26. The average Bonchev–Trinajstić information content (AvgIpc) is 3.43. The first kappa shape index (κ1) is 28.1. The largest absolute Gasteiger partial charge is 0.437 e. The SMILES string of the molecule is CC(=O)C(C)(F)F.O=C(Nc1cn(C(F)F)nc1C(F)(F)F)C1=C2N=C(N3CCNCC3)C=CN2NC1. The Morgan fingerprint density at radius 3 is 2.30 bits per heavy atom. The lowest BCUT2D eigenvalue weighted by Crippen LogP contribution is -2.46. The van der Waals surface area contributed by atoms with Gasteiger partial charge in [0.2, 0.25) is 0 Å². The van der Waals surface area contributed by atoms with Crippen molar-refractivity contribution in [1.29, 1.82) is 0 Å². The van der Waals surface area contributed by atoms with Crippen molar-refractivity contribution in [1.82, 2.24) is 30.4 Å². The van der Waals surface area contributed by atoms with Gasteiger partial charge in [-0.25, -0.2) is 15.1 Å². The molecule has 1 aromatic rings. The lowest BCUT2D eigenvalue weighted by molar-refractivity contribution is -0.141. The molecule has 1 saturated heterocycles. The first-order valence-corrected chi connectivity index (χ1v) is 10.8. The lowest BCUT2D eigenvalue weighted by atomic mass is 10.2. The maximum atomic E-state index is 13.1. The zero-order valence-corrected chi connectivity index (χ0v) is 19.5. The van der Waals surface area contributed by atoms with Gasteiger partial charge >= 0.3 is 18.6 Å². The number of amides is 1. The Morgan fingerprint density at radius 2 is 1.76 bits per heavy atom. The van der Waals surface area contributed by atoms with Crippen molar-refractivity contribution in [3.63, 3.8) is 0 Å². The van der Waals surface area contributed by atoms with Crippen LogP contribution < -0.4 is 16.1 Å². The van der Waals surface area contributed by atoms with Gasteiger partial charge in [0, 0.05) is 52.8 Å². The van der Waals surface area contributed by atoms with E-state index in [4.69, 9.17) is 0 Å². The number of carbonyl (C=O) groups is 2. The van der Waals surface area contributed by atoms with Crippen molar-refractivity contribution >= 4 is 23.2 Å². The Balaban J connectivity index is 0.000000479. The highest BCUT2D eigenvalue weighted by atomic mass is 19.4. The fourth-order valence-corrected chi connectivity index (χ4v) is 3.24. The van der Waals surface area contributed by atoms with Crippen LogP contribution in [0.15, 0.2) is 34.9 Å². The minimum Gasteiger partial charge on any atom is -0.354 e. The summed E-state index contributed by atoms with van der Waals surface area (Å²) in [7, 11) is 0. The fraction of sp³-hybridized carbons (Fsp3) is 0.500. The van der Waals surface area contributed by atoms with Gasteiger partial charge in [0.25, 0.3) is 5.91 Å². The van der Waals surface area contributed by atoms with E-state index in [0.717, 1.165) is 20.0 Å². The van der Waals surface area contributed by atoms with E-state index in [9.17, 15) is 40.3 Å². The molecule has 204 valence electrons. The maximum absolute atomic E-state index is 13.1. The summed E-state index contributed by atoms with van der Waals surface area (Å²) in [6.07, 6.45) is -1.14. The smallest absolute Gasteiger partial charge is 0.354 e. The van der Waals surface area contributed by atoms with Crippen LogP contribution in [0.1, 0.15) is 26.1 Å². The molecule has 1 aromatic heterocycles. The Kier molecular flexibility index (Phi) is 8.26. The third-order valence-corrected chi connectivity index (χ3v) is 5.30. The Morgan fingerprint density at radius 1 is 1.14 bits per heavy atom.